The Morgan fingerprint density at radius 2 is 1.52 bits per heavy atom. The van der Waals surface area contributed by atoms with E-state index < -0.39 is 120 Å². The van der Waals surface area contributed by atoms with E-state index in [0.29, 0.717) is 5.56 Å². The van der Waals surface area contributed by atoms with E-state index in [-0.39, 0.29) is 31.2 Å². The van der Waals surface area contributed by atoms with Crippen LogP contribution < -0.4 is 16.0 Å². The van der Waals surface area contributed by atoms with Crippen molar-refractivity contribution in [3.05, 3.63) is 59.9 Å². The van der Waals surface area contributed by atoms with Crippen molar-refractivity contribution in [2.75, 3.05) is 34.2 Å². The number of nitrogens with zero attached hydrogens (tertiary/aromatic N) is 5. The zero-order chi connectivity index (χ0) is 47.0. The number of rotatable bonds is 7. The molecule has 2 fully saturated rings. The van der Waals surface area contributed by atoms with Gasteiger partial charge in [-0.1, -0.05) is 65.0 Å². The second kappa shape index (κ2) is 21.3. The van der Waals surface area contributed by atoms with Crippen LogP contribution in [-0.4, -0.2) is 159 Å². The topological polar surface area (TPSA) is 248 Å². The molecule has 9 atom stereocenters. The van der Waals surface area contributed by atoms with Gasteiger partial charge in [-0.25, -0.2) is 9.78 Å². The highest BCUT2D eigenvalue weighted by molar-refractivity contribution is 6.00. The molecule has 1 aromatic heterocycles. The molecular formula is C44H62N8O11. The minimum Gasteiger partial charge on any atom is -0.505 e. The van der Waals surface area contributed by atoms with Crippen LogP contribution in [0.15, 0.2) is 48.7 Å². The van der Waals surface area contributed by atoms with E-state index in [1.54, 1.807) is 51.1 Å². The Kier molecular flexibility index (Phi) is 16.8. The Balaban J connectivity index is 1.86. The molecule has 0 bridgehead atoms. The van der Waals surface area contributed by atoms with Crippen molar-refractivity contribution >= 4 is 47.3 Å². The number of pyridine rings is 1. The molecule has 344 valence electrons. The van der Waals surface area contributed by atoms with Gasteiger partial charge in [0.15, 0.2) is 11.7 Å². The first-order valence-electron chi connectivity index (χ1n) is 21.1. The SMILES string of the molecule is CC(C)C[C@H]1NC(=O)[C@@H](NC(=O)c2ncccc2O)[C@@H](C)OC(=O)[C@@H](c2ccccc2)N(C)C(=O)[C@H](C)NC(=O)[C@H]([C@@H](C)C(C)C)N(C)C(=O)CN(C)C(=O)[C@H]2C[C@@H](O)CN2C1=O. The fourth-order valence-corrected chi connectivity index (χ4v) is 7.82. The minimum absolute atomic E-state index is 0.0335. The zero-order valence-corrected chi connectivity index (χ0v) is 37.6. The number of ether oxygens (including phenoxy) is 1. The number of esters is 1. The van der Waals surface area contributed by atoms with Gasteiger partial charge in [-0.05, 0) is 55.7 Å². The number of hydrogen-bond donors (Lipinski definition) is 5. The number of likely N-dealkylation sites (N-methyl/N-ethyl adjacent to an activating group) is 3. The summed E-state index contributed by atoms with van der Waals surface area (Å²) in [7, 11) is 4.13. The molecular weight excluding hydrogens is 817 g/mol. The molecule has 63 heavy (non-hydrogen) atoms. The monoisotopic (exact) mass is 878 g/mol. The fraction of sp³-hybridized carbons (Fsp3) is 0.568. The molecule has 2 saturated heterocycles. The van der Waals surface area contributed by atoms with Crippen LogP contribution in [0.5, 0.6) is 5.75 Å². The van der Waals surface area contributed by atoms with E-state index in [4.69, 9.17) is 4.74 Å². The third-order valence-corrected chi connectivity index (χ3v) is 11.7. The van der Waals surface area contributed by atoms with E-state index in [1.165, 1.54) is 58.2 Å². The summed E-state index contributed by atoms with van der Waals surface area (Å²) in [6.07, 6.45) is -1.52. The van der Waals surface area contributed by atoms with Crippen LogP contribution in [0.2, 0.25) is 0 Å². The van der Waals surface area contributed by atoms with E-state index in [1.807, 2.05) is 13.8 Å². The number of nitrogens with one attached hydrogen (secondary N) is 3. The molecule has 2 aromatic rings. The first kappa shape index (κ1) is 49.5. The van der Waals surface area contributed by atoms with Crippen LogP contribution in [0.3, 0.4) is 0 Å². The Hall–Kier alpha value is -6.11. The first-order valence-corrected chi connectivity index (χ1v) is 21.1. The zero-order valence-electron chi connectivity index (χ0n) is 37.6. The minimum atomic E-state index is -1.74. The van der Waals surface area contributed by atoms with E-state index in [0.717, 1.165) is 14.7 Å². The van der Waals surface area contributed by atoms with Gasteiger partial charge in [0, 0.05) is 40.3 Å². The average Bonchev–Trinajstić information content (AvgIpc) is 3.62. The summed E-state index contributed by atoms with van der Waals surface area (Å²) in [5, 5.41) is 29.1. The number of carbonyl (C=O) groups excluding carboxylic acids is 8. The maximum atomic E-state index is 14.5. The molecule has 5 N–H and O–H groups in total. The molecule has 2 aliphatic rings. The number of aliphatic hydroxyl groups is 1. The van der Waals surface area contributed by atoms with Crippen molar-refractivity contribution in [2.45, 2.75) is 110 Å². The molecule has 3 heterocycles. The molecule has 0 radical (unpaired) electrons. The summed E-state index contributed by atoms with van der Waals surface area (Å²) in [5.41, 5.74) is -0.145. The Morgan fingerprint density at radius 1 is 0.873 bits per heavy atom. The predicted molar refractivity (Wildman–Crippen MR) is 228 cm³/mol. The lowest BCUT2D eigenvalue weighted by Crippen LogP contribution is -2.60. The van der Waals surface area contributed by atoms with Crippen LogP contribution in [0.1, 0.15) is 83.4 Å². The first-order chi connectivity index (χ1) is 29.5. The van der Waals surface area contributed by atoms with Gasteiger partial charge in [-0.3, -0.25) is 33.6 Å². The van der Waals surface area contributed by atoms with Crippen LogP contribution >= 0.6 is 0 Å². The van der Waals surface area contributed by atoms with Crippen LogP contribution in [0, 0.1) is 17.8 Å². The highest BCUT2D eigenvalue weighted by Gasteiger charge is 2.45. The lowest BCUT2D eigenvalue weighted by molar-refractivity contribution is -0.161. The van der Waals surface area contributed by atoms with Crippen molar-refractivity contribution in [3.63, 3.8) is 0 Å². The van der Waals surface area contributed by atoms with Gasteiger partial charge < -0.3 is 50.5 Å². The highest BCUT2D eigenvalue weighted by Crippen LogP contribution is 2.26. The van der Waals surface area contributed by atoms with Gasteiger partial charge in [0.2, 0.25) is 35.4 Å². The second-order valence-electron chi connectivity index (χ2n) is 17.3. The largest absolute Gasteiger partial charge is 0.505 e. The molecule has 0 aliphatic carbocycles. The van der Waals surface area contributed by atoms with Gasteiger partial charge in [-0.2, -0.15) is 0 Å². The summed E-state index contributed by atoms with van der Waals surface area (Å²) in [4.78, 5) is 122. The van der Waals surface area contributed by atoms with Gasteiger partial charge in [0.1, 0.15) is 42.1 Å². The van der Waals surface area contributed by atoms with Crippen molar-refractivity contribution in [2.24, 2.45) is 17.8 Å². The smallest absolute Gasteiger partial charge is 0.333 e. The predicted octanol–water partition coefficient (Wildman–Crippen LogP) is 0.606. The van der Waals surface area contributed by atoms with E-state index in [9.17, 15) is 48.6 Å². The van der Waals surface area contributed by atoms with Crippen molar-refractivity contribution in [1.29, 1.82) is 0 Å². The maximum Gasteiger partial charge on any atom is 0.333 e. The molecule has 0 unspecified atom stereocenters. The standard InChI is InChI=1S/C44H62N8O11/c1-23(2)19-30-42(60)52-21-29(53)20-31(52)43(61)49(8)22-33(55)50(9)36(25(5)24(3)4)40(58)46-26(6)41(59)51(10)37(28-15-12-11-13-16-28)44(62)63-27(7)34(38(56)47-30)48-39(57)35-32(54)17-14-18-45-35/h11-18,23-27,29-31,34,36-37,53-54H,19-22H2,1-10H3,(H,46,58)(H,47,56)(H,48,57)/t25-,26-,27+,29+,30+,31+,34-,36-,37+/m0/s1. The van der Waals surface area contributed by atoms with E-state index >= 15 is 0 Å². The van der Waals surface area contributed by atoms with Crippen molar-refractivity contribution in [1.82, 2.24) is 40.5 Å². The van der Waals surface area contributed by atoms with Crippen molar-refractivity contribution < 1.29 is 53.3 Å². The van der Waals surface area contributed by atoms with Crippen LogP contribution in [0.4, 0.5) is 0 Å². The highest BCUT2D eigenvalue weighted by atomic mass is 16.5. The quantitative estimate of drug-likeness (QED) is 0.240. The number of aromatic nitrogens is 1. The lowest BCUT2D eigenvalue weighted by Gasteiger charge is -2.37. The molecule has 7 amide bonds. The molecule has 19 heteroatoms. The number of cyclic esters (lactones) is 1. The van der Waals surface area contributed by atoms with Crippen molar-refractivity contribution in [3.8, 4) is 5.75 Å². The normalized spacial score (nSPS) is 27.0. The van der Waals surface area contributed by atoms with Crippen LogP contribution in [-0.2, 0) is 38.3 Å². The fourth-order valence-electron chi connectivity index (χ4n) is 7.82. The summed E-state index contributed by atoms with van der Waals surface area (Å²) in [6.45, 7) is 11.1. The molecule has 0 saturated carbocycles. The average molecular weight is 879 g/mol. The number of carbonyl (C=O) groups is 8. The number of benzene rings is 1. The van der Waals surface area contributed by atoms with E-state index in [2.05, 4.69) is 20.9 Å². The third kappa shape index (κ3) is 11.9. The van der Waals surface area contributed by atoms with Gasteiger partial charge in [-0.15, -0.1) is 0 Å². The van der Waals surface area contributed by atoms with Gasteiger partial charge >= 0.3 is 5.97 Å². The summed E-state index contributed by atoms with van der Waals surface area (Å²) in [6, 6.07) is 2.60. The number of fused-ring (bicyclic) bond motifs is 1. The number of aliphatic hydroxyl groups excluding tert-OH is 1. The lowest BCUT2D eigenvalue weighted by atomic mass is 9.88. The molecule has 4 rings (SSSR count). The molecule has 0 spiro atoms. The summed E-state index contributed by atoms with van der Waals surface area (Å²) < 4.78 is 5.91. The number of hydrogen-bond acceptors (Lipinski definition) is 12. The Labute approximate surface area is 367 Å². The summed E-state index contributed by atoms with van der Waals surface area (Å²) >= 11 is 0. The molecule has 19 nitrogen and oxygen atoms in total. The number of amides is 7. The second-order valence-corrected chi connectivity index (χ2v) is 17.3. The number of aromatic hydroxyl groups is 1. The van der Waals surface area contributed by atoms with Gasteiger partial charge in [0.25, 0.3) is 5.91 Å². The van der Waals surface area contributed by atoms with Gasteiger partial charge in [0.05, 0.1) is 12.6 Å². The Bertz CT molecular complexity index is 2020. The third-order valence-electron chi connectivity index (χ3n) is 11.7. The maximum absolute atomic E-state index is 14.5. The Morgan fingerprint density at radius 3 is 2.13 bits per heavy atom. The molecule has 1 aromatic carbocycles. The van der Waals surface area contributed by atoms with Crippen LogP contribution in [0.25, 0.3) is 0 Å². The molecule has 2 aliphatic heterocycles. The summed E-state index contributed by atoms with van der Waals surface area (Å²) in [5.74, 6) is -7.75.